The Balaban J connectivity index is 1.52. The van der Waals surface area contributed by atoms with E-state index in [9.17, 15) is 14.4 Å². The SMILES string of the molecule is CC(C)C[C@@H]1NC(=O)C(Cc2ccccc2)CCC/C=C/CC2(CCNC2=O)C[C@@H](CO[Si](c2ccccc2)(c2ccccc2)C(C)(C)C)NC1=O. The van der Waals surface area contributed by atoms with Crippen molar-refractivity contribution in [2.24, 2.45) is 17.3 Å². The van der Waals surface area contributed by atoms with Gasteiger partial charge in [-0.05, 0) is 78.3 Å². The molecule has 1 fully saturated rings. The molecule has 0 aromatic heterocycles. The molecular weight excluding hydrogens is 663 g/mol. The Morgan fingerprint density at radius 3 is 2.00 bits per heavy atom. The van der Waals surface area contributed by atoms with E-state index < -0.39 is 25.8 Å². The first kappa shape index (κ1) is 39.2. The maximum atomic E-state index is 14.5. The molecule has 0 saturated carbocycles. The van der Waals surface area contributed by atoms with Gasteiger partial charge in [0.1, 0.15) is 6.04 Å². The fraction of sp³-hybridized carbons (Fsp3) is 0.477. The summed E-state index contributed by atoms with van der Waals surface area (Å²) in [6.45, 7) is 11.7. The van der Waals surface area contributed by atoms with Crippen LogP contribution in [0.2, 0.25) is 5.04 Å². The molecule has 3 N–H and O–H groups in total. The minimum Gasteiger partial charge on any atom is -0.405 e. The molecule has 8 heteroatoms. The van der Waals surface area contributed by atoms with Crippen molar-refractivity contribution in [3.05, 3.63) is 109 Å². The van der Waals surface area contributed by atoms with Gasteiger partial charge in [-0.2, -0.15) is 0 Å². The molecule has 3 amide bonds. The maximum Gasteiger partial charge on any atom is 0.261 e. The van der Waals surface area contributed by atoms with Gasteiger partial charge in [-0.15, -0.1) is 0 Å². The monoisotopic (exact) mass is 721 g/mol. The predicted octanol–water partition coefficient (Wildman–Crippen LogP) is 6.46. The number of hydrogen-bond donors (Lipinski definition) is 3. The molecule has 1 spiro atoms. The highest BCUT2D eigenvalue weighted by molar-refractivity contribution is 6.99. The third-order valence-electron chi connectivity index (χ3n) is 10.9. The zero-order valence-electron chi connectivity index (χ0n) is 31.8. The number of rotatable bonds is 9. The summed E-state index contributed by atoms with van der Waals surface area (Å²) in [5, 5.41) is 11.7. The number of amides is 3. The van der Waals surface area contributed by atoms with Gasteiger partial charge < -0.3 is 20.4 Å². The second-order valence-electron chi connectivity index (χ2n) is 16.4. The third-order valence-corrected chi connectivity index (χ3v) is 15.9. The first-order valence-corrected chi connectivity index (χ1v) is 21.2. The first-order valence-electron chi connectivity index (χ1n) is 19.3. The van der Waals surface area contributed by atoms with Crippen molar-refractivity contribution in [1.29, 1.82) is 0 Å². The molecule has 5 rings (SSSR count). The molecule has 0 radical (unpaired) electrons. The molecule has 278 valence electrons. The number of carbonyl (C=O) groups excluding carboxylic acids is 3. The lowest BCUT2D eigenvalue weighted by Gasteiger charge is -2.44. The summed E-state index contributed by atoms with van der Waals surface area (Å²) in [5.74, 6) is -0.370. The van der Waals surface area contributed by atoms with Crippen LogP contribution in [0.5, 0.6) is 0 Å². The summed E-state index contributed by atoms with van der Waals surface area (Å²) < 4.78 is 7.39. The Kier molecular flexibility index (Phi) is 13.3. The molecule has 0 bridgehead atoms. The fourth-order valence-electron chi connectivity index (χ4n) is 8.23. The Bertz CT molecular complexity index is 1600. The van der Waals surface area contributed by atoms with E-state index >= 15 is 0 Å². The van der Waals surface area contributed by atoms with Gasteiger partial charge in [0.05, 0.1) is 18.1 Å². The fourth-order valence-corrected chi connectivity index (χ4v) is 12.8. The second-order valence-corrected chi connectivity index (χ2v) is 20.7. The molecule has 2 heterocycles. The Hall–Kier alpha value is -4.01. The van der Waals surface area contributed by atoms with Crippen molar-refractivity contribution in [3.63, 3.8) is 0 Å². The third kappa shape index (κ3) is 9.50. The maximum absolute atomic E-state index is 14.5. The van der Waals surface area contributed by atoms with Crippen molar-refractivity contribution < 1.29 is 18.8 Å². The van der Waals surface area contributed by atoms with Crippen molar-refractivity contribution in [2.45, 2.75) is 103 Å². The van der Waals surface area contributed by atoms with Gasteiger partial charge >= 0.3 is 0 Å². The van der Waals surface area contributed by atoms with Gasteiger partial charge in [-0.1, -0.05) is 138 Å². The minimum absolute atomic E-state index is 0.0288. The number of benzene rings is 3. The number of carbonyl (C=O) groups is 3. The van der Waals surface area contributed by atoms with Gasteiger partial charge in [-0.25, -0.2) is 0 Å². The minimum atomic E-state index is -2.95. The molecule has 4 atom stereocenters. The van der Waals surface area contributed by atoms with Gasteiger partial charge in [0.25, 0.3) is 8.32 Å². The molecule has 2 unspecified atom stereocenters. The van der Waals surface area contributed by atoms with Gasteiger partial charge in [0.2, 0.25) is 17.7 Å². The molecule has 1 saturated heterocycles. The van der Waals surface area contributed by atoms with Crippen LogP contribution in [0.3, 0.4) is 0 Å². The highest BCUT2D eigenvalue weighted by atomic mass is 28.4. The molecule has 2 aliphatic heterocycles. The van der Waals surface area contributed by atoms with Crippen molar-refractivity contribution in [3.8, 4) is 0 Å². The number of hydrogen-bond acceptors (Lipinski definition) is 4. The van der Waals surface area contributed by atoms with E-state index in [1.54, 1.807) is 0 Å². The largest absolute Gasteiger partial charge is 0.405 e. The molecular formula is C44H59N3O4Si. The first-order chi connectivity index (χ1) is 24.9. The van der Waals surface area contributed by atoms with Crippen LogP contribution in [0.4, 0.5) is 0 Å². The molecule has 2 aliphatic rings. The van der Waals surface area contributed by atoms with Gasteiger partial charge in [0, 0.05) is 12.5 Å². The van der Waals surface area contributed by atoms with E-state index in [0.29, 0.717) is 45.1 Å². The highest BCUT2D eigenvalue weighted by Gasteiger charge is 2.51. The zero-order valence-corrected chi connectivity index (χ0v) is 32.8. The van der Waals surface area contributed by atoms with E-state index in [4.69, 9.17) is 4.43 Å². The lowest BCUT2D eigenvalue weighted by molar-refractivity contribution is -0.132. The van der Waals surface area contributed by atoms with Crippen LogP contribution in [-0.4, -0.2) is 51.3 Å². The van der Waals surface area contributed by atoms with Crippen LogP contribution in [0.25, 0.3) is 0 Å². The highest BCUT2D eigenvalue weighted by Crippen LogP contribution is 2.39. The average molecular weight is 722 g/mol. The summed E-state index contributed by atoms with van der Waals surface area (Å²) in [6, 6.07) is 29.9. The standard InChI is InChI=1S/C44H59N3O4Si/c1-33(2)29-39-41(49)46-36(32-51-52(43(3,4)5,37-22-14-9-15-23-37)38-24-16-10-17-25-38)31-44(27-28-45-42(44)50)26-18-7-6-13-21-35(40(48)47-39)30-34-19-11-8-12-20-34/h7-12,14-20,22-25,33,35-36,39H,6,13,21,26-32H2,1-5H3,(H,45,50)(H,46,49)(H,47,48)/b18-7+/t35?,36-,39-,44?/m0/s1. The van der Waals surface area contributed by atoms with E-state index in [2.05, 4.69) is 123 Å². The van der Waals surface area contributed by atoms with Crippen LogP contribution in [0.15, 0.2) is 103 Å². The second kappa shape index (κ2) is 17.7. The van der Waals surface area contributed by atoms with Gasteiger partial charge in [-0.3, -0.25) is 14.4 Å². The van der Waals surface area contributed by atoms with E-state index in [1.807, 2.05) is 30.3 Å². The van der Waals surface area contributed by atoms with Gasteiger partial charge in [0.15, 0.2) is 0 Å². The Morgan fingerprint density at radius 1 is 0.827 bits per heavy atom. The summed E-state index contributed by atoms with van der Waals surface area (Å²) in [5.41, 5.74) is 0.437. The topological polar surface area (TPSA) is 96.5 Å². The average Bonchev–Trinajstić information content (AvgIpc) is 3.48. The zero-order chi connectivity index (χ0) is 37.2. The van der Waals surface area contributed by atoms with Crippen molar-refractivity contribution in [2.75, 3.05) is 13.2 Å². The Labute approximate surface area is 312 Å². The number of allylic oxidation sites excluding steroid dienone is 2. The molecule has 3 aromatic carbocycles. The lowest BCUT2D eigenvalue weighted by Crippen LogP contribution is -2.67. The molecule has 52 heavy (non-hydrogen) atoms. The molecule has 7 nitrogen and oxygen atoms in total. The summed E-state index contributed by atoms with van der Waals surface area (Å²) in [6.07, 6.45) is 9.51. The number of nitrogens with one attached hydrogen (secondary N) is 3. The van der Waals surface area contributed by atoms with Crippen LogP contribution in [0, 0.1) is 17.3 Å². The van der Waals surface area contributed by atoms with Crippen molar-refractivity contribution >= 4 is 36.4 Å². The normalized spacial score (nSPS) is 24.4. The summed E-state index contributed by atoms with van der Waals surface area (Å²) in [7, 11) is -2.95. The van der Waals surface area contributed by atoms with E-state index in [-0.39, 0.29) is 41.2 Å². The summed E-state index contributed by atoms with van der Waals surface area (Å²) >= 11 is 0. The van der Waals surface area contributed by atoms with Crippen molar-refractivity contribution in [1.82, 2.24) is 16.0 Å². The van der Waals surface area contributed by atoms with Crippen LogP contribution < -0.4 is 26.3 Å². The Morgan fingerprint density at radius 2 is 1.44 bits per heavy atom. The lowest BCUT2D eigenvalue weighted by atomic mass is 9.77. The van der Waals surface area contributed by atoms with E-state index in [1.165, 1.54) is 0 Å². The predicted molar refractivity (Wildman–Crippen MR) is 213 cm³/mol. The van der Waals surface area contributed by atoms with Crippen LogP contribution in [-0.2, 0) is 25.2 Å². The summed E-state index contributed by atoms with van der Waals surface area (Å²) in [4.78, 5) is 42.2. The smallest absolute Gasteiger partial charge is 0.261 e. The van der Waals surface area contributed by atoms with Crippen LogP contribution >= 0.6 is 0 Å². The van der Waals surface area contributed by atoms with Crippen LogP contribution in [0.1, 0.15) is 85.1 Å². The molecule has 3 aromatic rings. The molecule has 0 aliphatic carbocycles. The van der Waals surface area contributed by atoms with E-state index in [0.717, 1.165) is 28.8 Å². The quantitative estimate of drug-likeness (QED) is 0.175.